The van der Waals surface area contributed by atoms with Gasteiger partial charge in [0.2, 0.25) is 0 Å². The minimum absolute atomic E-state index is 0.192. The van der Waals surface area contributed by atoms with E-state index in [2.05, 4.69) is 9.55 Å². The number of hydrogen-bond acceptors (Lipinski definition) is 5. The maximum absolute atomic E-state index is 12.8. The SMILES string of the molecule is Cn1c(C2CC2C(C)(C)O)nc2ccc(-n3ccc(OCc4ccc(Cl)cn4)cc3=O)cc21. The highest BCUT2D eigenvalue weighted by molar-refractivity contribution is 6.30. The Morgan fingerprint density at radius 3 is 2.70 bits per heavy atom. The molecule has 0 bridgehead atoms. The molecule has 1 aliphatic rings. The fraction of sp³-hybridized carbons (Fsp3) is 0.320. The van der Waals surface area contributed by atoms with Gasteiger partial charge in [-0.3, -0.25) is 14.3 Å². The number of pyridine rings is 2. The third-order valence-corrected chi connectivity index (χ3v) is 6.50. The Hall–Kier alpha value is -3.16. The molecule has 1 aliphatic carbocycles. The minimum Gasteiger partial charge on any atom is -0.487 e. The van der Waals surface area contributed by atoms with Gasteiger partial charge >= 0.3 is 0 Å². The van der Waals surface area contributed by atoms with Crippen molar-refractivity contribution in [3.63, 3.8) is 0 Å². The van der Waals surface area contributed by atoms with Crippen LogP contribution < -0.4 is 10.3 Å². The number of imidazole rings is 1. The molecule has 1 N–H and O–H groups in total. The van der Waals surface area contributed by atoms with Gasteiger partial charge in [-0.25, -0.2) is 4.98 Å². The van der Waals surface area contributed by atoms with Gasteiger partial charge in [-0.05, 0) is 62.6 Å². The number of aryl methyl sites for hydroxylation is 1. The van der Waals surface area contributed by atoms with Gasteiger partial charge in [0.15, 0.2) is 0 Å². The lowest BCUT2D eigenvalue weighted by molar-refractivity contribution is 0.0542. The van der Waals surface area contributed by atoms with Crippen LogP contribution in [0.15, 0.2) is 59.7 Å². The maximum Gasteiger partial charge on any atom is 0.258 e. The maximum atomic E-state index is 12.8. The van der Waals surface area contributed by atoms with Gasteiger partial charge in [-0.1, -0.05) is 11.6 Å². The molecule has 1 aromatic carbocycles. The molecule has 0 amide bonds. The molecule has 3 heterocycles. The summed E-state index contributed by atoms with van der Waals surface area (Å²) >= 11 is 5.85. The van der Waals surface area contributed by atoms with E-state index in [0.29, 0.717) is 10.8 Å². The molecule has 3 aromatic heterocycles. The standard InChI is InChI=1S/C25H25ClN4O3/c1-25(2,32)20-12-19(20)24-28-21-7-6-17(10-22(21)29(24)3)30-9-8-18(11-23(30)31)33-14-16-5-4-15(26)13-27-16/h4-11,13,19-20,32H,12,14H2,1-3H3. The number of nitrogens with zero attached hydrogens (tertiary/aromatic N) is 4. The summed E-state index contributed by atoms with van der Waals surface area (Å²) in [5.41, 5.74) is 2.40. The van der Waals surface area contributed by atoms with Crippen molar-refractivity contribution in [2.45, 2.75) is 38.4 Å². The van der Waals surface area contributed by atoms with Crippen LogP contribution >= 0.6 is 11.6 Å². The average Bonchev–Trinajstić information content (AvgIpc) is 3.52. The Bertz CT molecular complexity index is 1390. The zero-order valence-electron chi connectivity index (χ0n) is 18.7. The molecule has 1 saturated carbocycles. The molecule has 2 unspecified atom stereocenters. The summed E-state index contributed by atoms with van der Waals surface area (Å²) in [5, 5.41) is 10.9. The molecule has 7 nitrogen and oxygen atoms in total. The molecule has 0 radical (unpaired) electrons. The van der Waals surface area contributed by atoms with Crippen LogP contribution in [0.25, 0.3) is 16.7 Å². The summed E-state index contributed by atoms with van der Waals surface area (Å²) in [7, 11) is 1.98. The molecular weight excluding hydrogens is 440 g/mol. The van der Waals surface area contributed by atoms with Crippen molar-refractivity contribution in [3.8, 4) is 11.4 Å². The zero-order chi connectivity index (χ0) is 23.3. The van der Waals surface area contributed by atoms with Gasteiger partial charge < -0.3 is 14.4 Å². The molecular formula is C25H25ClN4O3. The van der Waals surface area contributed by atoms with Crippen LogP contribution in [0.5, 0.6) is 5.75 Å². The van der Waals surface area contributed by atoms with Crippen LogP contribution in [-0.2, 0) is 13.7 Å². The number of hydrogen-bond donors (Lipinski definition) is 1. The Balaban J connectivity index is 1.38. The van der Waals surface area contributed by atoms with Gasteiger partial charge in [0.25, 0.3) is 5.56 Å². The second-order valence-electron chi connectivity index (χ2n) is 9.13. The monoisotopic (exact) mass is 464 g/mol. The van der Waals surface area contributed by atoms with Crippen molar-refractivity contribution < 1.29 is 9.84 Å². The average molecular weight is 465 g/mol. The van der Waals surface area contributed by atoms with Crippen LogP contribution in [0.1, 0.15) is 37.7 Å². The molecule has 33 heavy (non-hydrogen) atoms. The molecule has 1 fully saturated rings. The van der Waals surface area contributed by atoms with E-state index >= 15 is 0 Å². The van der Waals surface area contributed by atoms with Gasteiger partial charge in [0.05, 0.1) is 33.0 Å². The van der Waals surface area contributed by atoms with Gasteiger partial charge in [-0.2, -0.15) is 0 Å². The third-order valence-electron chi connectivity index (χ3n) is 6.27. The number of rotatable bonds is 6. The predicted molar refractivity (Wildman–Crippen MR) is 127 cm³/mol. The van der Waals surface area contributed by atoms with Gasteiger partial charge in [-0.15, -0.1) is 0 Å². The molecule has 8 heteroatoms. The topological polar surface area (TPSA) is 82.2 Å². The number of fused-ring (bicyclic) bond motifs is 1. The fourth-order valence-electron chi connectivity index (χ4n) is 4.35. The van der Waals surface area contributed by atoms with E-state index in [1.807, 2.05) is 39.1 Å². The molecule has 2 atom stereocenters. The quantitative estimate of drug-likeness (QED) is 0.462. The van der Waals surface area contributed by atoms with E-state index in [4.69, 9.17) is 21.3 Å². The van der Waals surface area contributed by atoms with Crippen molar-refractivity contribution in [2.24, 2.45) is 13.0 Å². The first-order valence-corrected chi connectivity index (χ1v) is 11.2. The second kappa shape index (κ2) is 8.01. The first-order chi connectivity index (χ1) is 15.7. The van der Waals surface area contributed by atoms with E-state index in [1.165, 1.54) is 6.07 Å². The van der Waals surface area contributed by atoms with Crippen molar-refractivity contribution >= 4 is 22.6 Å². The first kappa shape index (κ1) is 21.7. The smallest absolute Gasteiger partial charge is 0.258 e. The number of halogens is 1. The first-order valence-electron chi connectivity index (χ1n) is 10.9. The molecule has 0 spiro atoms. The largest absolute Gasteiger partial charge is 0.487 e. The van der Waals surface area contributed by atoms with E-state index in [-0.39, 0.29) is 24.0 Å². The number of ether oxygens (including phenoxy) is 1. The van der Waals surface area contributed by atoms with E-state index in [1.54, 1.807) is 35.2 Å². The lowest BCUT2D eigenvalue weighted by atomic mass is 10.0. The Morgan fingerprint density at radius 1 is 1.21 bits per heavy atom. The Morgan fingerprint density at radius 2 is 2.03 bits per heavy atom. The number of benzene rings is 1. The van der Waals surface area contributed by atoms with E-state index in [0.717, 1.165) is 34.7 Å². The Kier molecular flexibility index (Phi) is 5.26. The summed E-state index contributed by atoms with van der Waals surface area (Å²) in [5.74, 6) is 1.91. The second-order valence-corrected chi connectivity index (χ2v) is 9.57. The summed E-state index contributed by atoms with van der Waals surface area (Å²) in [6.07, 6.45) is 4.20. The van der Waals surface area contributed by atoms with E-state index in [9.17, 15) is 9.90 Å². The normalized spacial score (nSPS) is 18.0. The highest BCUT2D eigenvalue weighted by Crippen LogP contribution is 2.53. The van der Waals surface area contributed by atoms with E-state index < -0.39 is 5.60 Å². The van der Waals surface area contributed by atoms with Crippen LogP contribution in [0.3, 0.4) is 0 Å². The number of aliphatic hydroxyl groups is 1. The van der Waals surface area contributed by atoms with Crippen LogP contribution in [0.4, 0.5) is 0 Å². The lowest BCUT2D eigenvalue weighted by Crippen LogP contribution is -2.22. The highest BCUT2D eigenvalue weighted by Gasteiger charge is 2.49. The molecule has 0 aliphatic heterocycles. The minimum atomic E-state index is -0.714. The predicted octanol–water partition coefficient (Wildman–Crippen LogP) is 4.23. The summed E-state index contributed by atoms with van der Waals surface area (Å²) in [4.78, 5) is 21.8. The van der Waals surface area contributed by atoms with Crippen LogP contribution in [-0.4, -0.2) is 29.8 Å². The van der Waals surface area contributed by atoms with Crippen LogP contribution in [0.2, 0.25) is 5.02 Å². The highest BCUT2D eigenvalue weighted by atomic mass is 35.5. The molecule has 170 valence electrons. The van der Waals surface area contributed by atoms with Gasteiger partial charge in [0.1, 0.15) is 18.2 Å². The molecule has 0 saturated heterocycles. The van der Waals surface area contributed by atoms with Crippen molar-refractivity contribution in [2.75, 3.05) is 0 Å². The Labute approximate surface area is 196 Å². The molecule has 5 rings (SSSR count). The molecule has 4 aromatic rings. The summed E-state index contributed by atoms with van der Waals surface area (Å²) in [6, 6.07) is 12.5. The van der Waals surface area contributed by atoms with Crippen LogP contribution in [0, 0.1) is 5.92 Å². The number of aromatic nitrogens is 4. The summed E-state index contributed by atoms with van der Waals surface area (Å²) in [6.45, 7) is 3.95. The van der Waals surface area contributed by atoms with Gasteiger partial charge in [0, 0.05) is 31.4 Å². The van der Waals surface area contributed by atoms with Crippen molar-refractivity contribution in [1.82, 2.24) is 19.1 Å². The summed E-state index contributed by atoms with van der Waals surface area (Å²) < 4.78 is 9.36. The third kappa shape index (κ3) is 4.26. The zero-order valence-corrected chi connectivity index (χ0v) is 19.5. The van der Waals surface area contributed by atoms with Crippen molar-refractivity contribution in [1.29, 1.82) is 0 Å². The lowest BCUT2D eigenvalue weighted by Gasteiger charge is -2.16. The fourth-order valence-corrected chi connectivity index (χ4v) is 4.46. The van der Waals surface area contributed by atoms with Crippen molar-refractivity contribution in [3.05, 3.63) is 81.8 Å².